The molecule has 1 atom stereocenters. The van der Waals surface area contributed by atoms with Gasteiger partial charge in [0.15, 0.2) is 0 Å². The lowest BCUT2D eigenvalue weighted by Crippen LogP contribution is -2.41. The Labute approximate surface area is 158 Å². The zero-order chi connectivity index (χ0) is 19.4. The molecule has 1 heterocycles. The van der Waals surface area contributed by atoms with Crippen molar-refractivity contribution in [2.75, 3.05) is 21.3 Å². The lowest BCUT2D eigenvalue weighted by molar-refractivity contribution is 0.0234. The number of benzene rings is 1. The molecule has 2 aromatic rings. The number of aliphatic hydroxyl groups excluding tert-OH is 1. The molecule has 144 valence electrons. The first-order valence-electron chi connectivity index (χ1n) is 8.76. The number of aliphatic hydroxyl groups is 1. The molecule has 0 saturated heterocycles. The van der Waals surface area contributed by atoms with Gasteiger partial charge in [-0.25, -0.2) is 4.98 Å². The predicted octanol–water partition coefficient (Wildman–Crippen LogP) is 2.35. The molecular weight excluding hydrogens is 348 g/mol. The van der Waals surface area contributed by atoms with Gasteiger partial charge in [0.1, 0.15) is 11.5 Å². The molecule has 1 aliphatic rings. The summed E-state index contributed by atoms with van der Waals surface area (Å²) in [6.07, 6.45) is 2.65. The summed E-state index contributed by atoms with van der Waals surface area (Å²) in [5.74, 6) is 1.50. The highest BCUT2D eigenvalue weighted by molar-refractivity contribution is 5.95. The molecule has 7 heteroatoms. The van der Waals surface area contributed by atoms with Crippen LogP contribution in [0.3, 0.4) is 0 Å². The van der Waals surface area contributed by atoms with Gasteiger partial charge < -0.3 is 24.6 Å². The lowest BCUT2D eigenvalue weighted by atomic mass is 9.75. The fourth-order valence-electron chi connectivity index (χ4n) is 3.23. The SMILES string of the molecule is COc1cc(OC)cc(C(=O)N[C@@H](c2ccc(OC)nc2)C2CC(O)C2)c1. The van der Waals surface area contributed by atoms with Crippen molar-refractivity contribution in [2.45, 2.75) is 25.0 Å². The molecule has 1 aromatic heterocycles. The fourth-order valence-corrected chi connectivity index (χ4v) is 3.23. The van der Waals surface area contributed by atoms with Crippen LogP contribution < -0.4 is 19.5 Å². The third-order valence-electron chi connectivity index (χ3n) is 4.85. The molecular formula is C20H24N2O5. The molecule has 0 unspecified atom stereocenters. The summed E-state index contributed by atoms with van der Waals surface area (Å²) in [7, 11) is 4.63. The molecule has 0 spiro atoms. The van der Waals surface area contributed by atoms with Crippen molar-refractivity contribution < 1.29 is 24.1 Å². The van der Waals surface area contributed by atoms with Gasteiger partial charge in [0.05, 0.1) is 33.5 Å². The van der Waals surface area contributed by atoms with Gasteiger partial charge in [0.2, 0.25) is 5.88 Å². The molecule has 2 N–H and O–H groups in total. The van der Waals surface area contributed by atoms with Crippen molar-refractivity contribution in [3.05, 3.63) is 47.7 Å². The number of pyridine rings is 1. The predicted molar refractivity (Wildman–Crippen MR) is 99.3 cm³/mol. The number of amides is 1. The molecule has 1 aromatic carbocycles. The van der Waals surface area contributed by atoms with E-state index in [2.05, 4.69) is 10.3 Å². The van der Waals surface area contributed by atoms with Gasteiger partial charge in [0.25, 0.3) is 5.91 Å². The Morgan fingerprint density at radius 3 is 2.26 bits per heavy atom. The second-order valence-electron chi connectivity index (χ2n) is 6.57. The van der Waals surface area contributed by atoms with Crippen molar-refractivity contribution >= 4 is 5.91 Å². The van der Waals surface area contributed by atoms with Crippen molar-refractivity contribution in [3.8, 4) is 17.4 Å². The van der Waals surface area contributed by atoms with Gasteiger partial charge in [-0.3, -0.25) is 4.79 Å². The van der Waals surface area contributed by atoms with E-state index >= 15 is 0 Å². The summed E-state index contributed by atoms with van der Waals surface area (Å²) in [6.45, 7) is 0. The van der Waals surface area contributed by atoms with E-state index in [0.717, 1.165) is 5.56 Å². The van der Waals surface area contributed by atoms with E-state index in [1.165, 1.54) is 14.2 Å². The van der Waals surface area contributed by atoms with Crippen LogP contribution in [0.5, 0.6) is 17.4 Å². The highest BCUT2D eigenvalue weighted by Gasteiger charge is 2.36. The second-order valence-corrected chi connectivity index (χ2v) is 6.57. The molecule has 3 rings (SSSR count). The number of carbonyl (C=O) groups is 1. The maximum absolute atomic E-state index is 12.9. The van der Waals surface area contributed by atoms with Crippen LogP contribution in [0.4, 0.5) is 0 Å². The quantitative estimate of drug-likeness (QED) is 0.775. The van der Waals surface area contributed by atoms with Gasteiger partial charge in [-0.2, -0.15) is 0 Å². The van der Waals surface area contributed by atoms with Crippen LogP contribution in [0.15, 0.2) is 36.5 Å². The topological polar surface area (TPSA) is 89.9 Å². The average molecular weight is 372 g/mol. The molecule has 0 radical (unpaired) electrons. The van der Waals surface area contributed by atoms with Gasteiger partial charge in [-0.15, -0.1) is 0 Å². The van der Waals surface area contributed by atoms with Gasteiger partial charge in [0, 0.05) is 23.9 Å². The number of nitrogens with one attached hydrogen (secondary N) is 1. The first kappa shape index (κ1) is 19.0. The Morgan fingerprint density at radius 2 is 1.78 bits per heavy atom. The van der Waals surface area contributed by atoms with Crippen LogP contribution in [0, 0.1) is 5.92 Å². The lowest BCUT2D eigenvalue weighted by Gasteiger charge is -2.38. The Hall–Kier alpha value is -2.80. The number of ether oxygens (including phenoxy) is 3. The number of nitrogens with zero attached hydrogens (tertiary/aromatic N) is 1. The molecule has 7 nitrogen and oxygen atoms in total. The van der Waals surface area contributed by atoms with E-state index < -0.39 is 0 Å². The first-order valence-corrected chi connectivity index (χ1v) is 8.76. The first-order chi connectivity index (χ1) is 13.0. The van der Waals surface area contributed by atoms with Crippen LogP contribution in [0.2, 0.25) is 0 Å². The van der Waals surface area contributed by atoms with Crippen molar-refractivity contribution in [1.82, 2.24) is 10.3 Å². The monoisotopic (exact) mass is 372 g/mol. The molecule has 1 aliphatic carbocycles. The van der Waals surface area contributed by atoms with Crippen LogP contribution in [-0.2, 0) is 0 Å². The number of carbonyl (C=O) groups excluding carboxylic acids is 1. The number of rotatable bonds is 7. The highest BCUT2D eigenvalue weighted by Crippen LogP contribution is 2.38. The van der Waals surface area contributed by atoms with Crippen molar-refractivity contribution in [2.24, 2.45) is 5.92 Å². The normalized spacial score (nSPS) is 19.6. The summed E-state index contributed by atoms with van der Waals surface area (Å²) < 4.78 is 15.6. The van der Waals surface area contributed by atoms with E-state index in [1.807, 2.05) is 6.07 Å². The summed E-state index contributed by atoms with van der Waals surface area (Å²) >= 11 is 0. The average Bonchev–Trinajstić information content (AvgIpc) is 2.69. The maximum Gasteiger partial charge on any atom is 0.252 e. The van der Waals surface area contributed by atoms with Gasteiger partial charge in [-0.05, 0) is 36.5 Å². The maximum atomic E-state index is 12.9. The van der Waals surface area contributed by atoms with Gasteiger partial charge in [-0.1, -0.05) is 6.07 Å². The van der Waals surface area contributed by atoms with Crippen molar-refractivity contribution in [3.63, 3.8) is 0 Å². The third-order valence-corrected chi connectivity index (χ3v) is 4.85. The van der Waals surface area contributed by atoms with Crippen molar-refractivity contribution in [1.29, 1.82) is 0 Å². The van der Waals surface area contributed by atoms with Crippen LogP contribution >= 0.6 is 0 Å². The summed E-state index contributed by atoms with van der Waals surface area (Å²) in [5, 5.41) is 12.8. The number of hydrogen-bond acceptors (Lipinski definition) is 6. The van der Waals surface area contributed by atoms with E-state index in [4.69, 9.17) is 14.2 Å². The largest absolute Gasteiger partial charge is 0.497 e. The molecule has 1 saturated carbocycles. The molecule has 1 amide bonds. The van der Waals surface area contributed by atoms with Crippen LogP contribution in [0.25, 0.3) is 0 Å². The smallest absolute Gasteiger partial charge is 0.252 e. The van der Waals surface area contributed by atoms with E-state index in [-0.39, 0.29) is 24.0 Å². The Bertz CT molecular complexity index is 765. The molecule has 1 fully saturated rings. The molecule has 0 aliphatic heterocycles. The zero-order valence-corrected chi connectivity index (χ0v) is 15.6. The Balaban J connectivity index is 1.84. The minimum absolute atomic E-state index is 0.145. The summed E-state index contributed by atoms with van der Waals surface area (Å²) in [4.78, 5) is 17.1. The number of aromatic nitrogens is 1. The third kappa shape index (κ3) is 4.31. The summed E-state index contributed by atoms with van der Waals surface area (Å²) in [6, 6.07) is 8.43. The van der Waals surface area contributed by atoms with E-state index in [0.29, 0.717) is 35.8 Å². The molecule has 0 bridgehead atoms. The Morgan fingerprint density at radius 1 is 1.11 bits per heavy atom. The van der Waals surface area contributed by atoms with E-state index in [1.54, 1.807) is 37.6 Å². The number of hydrogen-bond donors (Lipinski definition) is 2. The standard InChI is InChI=1S/C20H24N2O5/c1-25-16-8-14(9-17(10-16)26-2)20(24)22-19(13-6-15(23)7-13)12-4-5-18(27-3)21-11-12/h4-5,8-11,13,15,19,23H,6-7H2,1-3H3,(H,22,24)/t13?,15?,19-/m0/s1. The Kier molecular flexibility index (Phi) is 5.81. The van der Waals surface area contributed by atoms with Crippen LogP contribution in [0.1, 0.15) is 34.8 Å². The fraction of sp³-hybridized carbons (Fsp3) is 0.400. The highest BCUT2D eigenvalue weighted by atomic mass is 16.5. The second kappa shape index (κ2) is 8.26. The number of methoxy groups -OCH3 is 3. The minimum Gasteiger partial charge on any atom is -0.497 e. The summed E-state index contributed by atoms with van der Waals surface area (Å²) in [5.41, 5.74) is 1.31. The molecule has 27 heavy (non-hydrogen) atoms. The minimum atomic E-state index is -0.322. The van der Waals surface area contributed by atoms with Crippen LogP contribution in [-0.4, -0.2) is 43.4 Å². The van der Waals surface area contributed by atoms with E-state index in [9.17, 15) is 9.90 Å². The zero-order valence-electron chi connectivity index (χ0n) is 15.6. The van der Waals surface area contributed by atoms with Gasteiger partial charge >= 0.3 is 0 Å².